The summed E-state index contributed by atoms with van der Waals surface area (Å²) in [6.45, 7) is 7.76. The first-order valence-corrected chi connectivity index (χ1v) is 9.30. The average Bonchev–Trinajstić information content (AvgIpc) is 3.13. The summed E-state index contributed by atoms with van der Waals surface area (Å²) in [6.07, 6.45) is 6.35. The lowest BCUT2D eigenvalue weighted by Gasteiger charge is -2.35. The van der Waals surface area contributed by atoms with Crippen molar-refractivity contribution in [3.63, 3.8) is 0 Å². The molecule has 0 aliphatic carbocycles. The number of rotatable bonds is 7. The molecule has 1 amide bonds. The van der Waals surface area contributed by atoms with Crippen LogP contribution >= 0.6 is 0 Å². The Morgan fingerprint density at radius 2 is 1.84 bits per heavy atom. The molecule has 3 rings (SSSR count). The zero-order valence-corrected chi connectivity index (χ0v) is 15.1. The maximum atomic E-state index is 12.4. The van der Waals surface area contributed by atoms with Crippen LogP contribution in [-0.4, -0.2) is 58.0 Å². The van der Waals surface area contributed by atoms with E-state index in [-0.39, 0.29) is 5.91 Å². The number of aryl methyl sites for hydroxylation is 2. The second-order valence-corrected chi connectivity index (χ2v) is 6.60. The lowest BCUT2D eigenvalue weighted by atomic mass is 10.1. The molecule has 0 saturated carbocycles. The molecule has 5 heteroatoms. The highest BCUT2D eigenvalue weighted by atomic mass is 16.2. The van der Waals surface area contributed by atoms with Crippen LogP contribution in [0, 0.1) is 0 Å². The van der Waals surface area contributed by atoms with Gasteiger partial charge in [-0.25, -0.2) is 4.98 Å². The van der Waals surface area contributed by atoms with E-state index in [0.29, 0.717) is 6.42 Å². The molecule has 0 atom stereocenters. The largest absolute Gasteiger partial charge is 0.340 e. The van der Waals surface area contributed by atoms with Crippen LogP contribution in [0.5, 0.6) is 0 Å². The van der Waals surface area contributed by atoms with Gasteiger partial charge in [0.25, 0.3) is 0 Å². The molecule has 1 aliphatic heterocycles. The maximum absolute atomic E-state index is 12.4. The van der Waals surface area contributed by atoms with Crippen molar-refractivity contribution in [2.75, 3.05) is 32.7 Å². The third kappa shape index (κ3) is 4.92. The Morgan fingerprint density at radius 1 is 1.08 bits per heavy atom. The topological polar surface area (TPSA) is 41.4 Å². The number of nitrogens with zero attached hydrogens (tertiary/aromatic N) is 4. The van der Waals surface area contributed by atoms with Gasteiger partial charge in [0.15, 0.2) is 0 Å². The standard InChI is InChI=1S/C20H28N4O/c1-2-19-21-10-11-23(19)15-12-22-13-16-24(17-14-22)20(25)9-8-18-6-4-3-5-7-18/h3-7,10-11H,2,8-9,12-17H2,1H3. The number of carbonyl (C=O) groups is 1. The molecule has 1 aromatic heterocycles. The Labute approximate surface area is 150 Å². The average molecular weight is 340 g/mol. The summed E-state index contributed by atoms with van der Waals surface area (Å²) in [7, 11) is 0. The van der Waals surface area contributed by atoms with E-state index in [1.165, 1.54) is 5.56 Å². The summed E-state index contributed by atoms with van der Waals surface area (Å²) in [5, 5.41) is 0. The molecule has 1 aromatic carbocycles. The summed E-state index contributed by atoms with van der Waals surface area (Å²) < 4.78 is 2.23. The van der Waals surface area contributed by atoms with Crippen LogP contribution in [0.15, 0.2) is 42.7 Å². The quantitative estimate of drug-likeness (QED) is 0.776. The monoisotopic (exact) mass is 340 g/mol. The van der Waals surface area contributed by atoms with E-state index < -0.39 is 0 Å². The third-order valence-electron chi connectivity index (χ3n) is 4.97. The molecule has 25 heavy (non-hydrogen) atoms. The smallest absolute Gasteiger partial charge is 0.222 e. The van der Waals surface area contributed by atoms with Crippen molar-refractivity contribution in [2.24, 2.45) is 0 Å². The van der Waals surface area contributed by atoms with E-state index in [0.717, 1.165) is 57.9 Å². The van der Waals surface area contributed by atoms with Gasteiger partial charge >= 0.3 is 0 Å². The van der Waals surface area contributed by atoms with E-state index >= 15 is 0 Å². The minimum atomic E-state index is 0.284. The fourth-order valence-electron chi connectivity index (χ4n) is 3.38. The minimum Gasteiger partial charge on any atom is -0.340 e. The second-order valence-electron chi connectivity index (χ2n) is 6.60. The van der Waals surface area contributed by atoms with E-state index in [2.05, 4.69) is 39.7 Å². The molecule has 0 radical (unpaired) electrons. The number of hydrogen-bond donors (Lipinski definition) is 0. The normalized spacial score (nSPS) is 15.5. The van der Waals surface area contributed by atoms with Gasteiger partial charge in [0.1, 0.15) is 5.82 Å². The zero-order valence-electron chi connectivity index (χ0n) is 15.1. The lowest BCUT2D eigenvalue weighted by Crippen LogP contribution is -2.49. The molecule has 5 nitrogen and oxygen atoms in total. The molecule has 2 aromatic rings. The number of benzene rings is 1. The lowest BCUT2D eigenvalue weighted by molar-refractivity contribution is -0.132. The third-order valence-corrected chi connectivity index (χ3v) is 4.97. The van der Waals surface area contributed by atoms with Gasteiger partial charge < -0.3 is 9.47 Å². The summed E-state index contributed by atoms with van der Waals surface area (Å²) >= 11 is 0. The molecule has 1 aliphatic rings. The van der Waals surface area contributed by atoms with E-state index in [1.54, 1.807) is 0 Å². The number of piperazine rings is 1. The van der Waals surface area contributed by atoms with E-state index in [9.17, 15) is 4.79 Å². The van der Waals surface area contributed by atoms with Crippen molar-refractivity contribution in [1.82, 2.24) is 19.4 Å². The highest BCUT2D eigenvalue weighted by Gasteiger charge is 2.20. The van der Waals surface area contributed by atoms with Crippen molar-refractivity contribution >= 4 is 5.91 Å². The fraction of sp³-hybridized carbons (Fsp3) is 0.500. The first kappa shape index (κ1) is 17.7. The Bertz CT molecular complexity index is 659. The van der Waals surface area contributed by atoms with Gasteiger partial charge in [0.05, 0.1) is 0 Å². The number of carbonyl (C=O) groups excluding carboxylic acids is 1. The van der Waals surface area contributed by atoms with Crippen molar-refractivity contribution in [2.45, 2.75) is 32.7 Å². The second kappa shape index (κ2) is 8.81. The van der Waals surface area contributed by atoms with Crippen LogP contribution in [-0.2, 0) is 24.2 Å². The fourth-order valence-corrected chi connectivity index (χ4v) is 3.38. The highest BCUT2D eigenvalue weighted by Crippen LogP contribution is 2.08. The molecule has 0 N–H and O–H groups in total. The van der Waals surface area contributed by atoms with Gasteiger partial charge in [-0.15, -0.1) is 0 Å². The number of aromatic nitrogens is 2. The predicted molar refractivity (Wildman–Crippen MR) is 99.4 cm³/mol. The van der Waals surface area contributed by atoms with Gasteiger partial charge in [-0.1, -0.05) is 37.3 Å². The van der Waals surface area contributed by atoms with Crippen LogP contribution in [0.2, 0.25) is 0 Å². The summed E-state index contributed by atoms with van der Waals surface area (Å²) in [4.78, 5) is 21.2. The van der Waals surface area contributed by atoms with Crippen LogP contribution in [0.3, 0.4) is 0 Å². The molecular formula is C20H28N4O. The van der Waals surface area contributed by atoms with Crippen LogP contribution in [0.1, 0.15) is 24.7 Å². The summed E-state index contributed by atoms with van der Waals surface area (Å²) in [5.74, 6) is 1.43. The van der Waals surface area contributed by atoms with Gasteiger partial charge in [-0.2, -0.15) is 0 Å². The number of imidazole rings is 1. The molecule has 1 saturated heterocycles. The first-order valence-electron chi connectivity index (χ1n) is 9.30. The first-order chi connectivity index (χ1) is 12.3. The Balaban J connectivity index is 1.38. The number of amides is 1. The Kier molecular flexibility index (Phi) is 6.23. The van der Waals surface area contributed by atoms with Gasteiger partial charge in [0, 0.05) is 64.5 Å². The van der Waals surface area contributed by atoms with Gasteiger partial charge in [0.2, 0.25) is 5.91 Å². The van der Waals surface area contributed by atoms with Crippen LogP contribution in [0.25, 0.3) is 0 Å². The van der Waals surface area contributed by atoms with Crippen molar-refractivity contribution in [3.8, 4) is 0 Å². The molecule has 2 heterocycles. The van der Waals surface area contributed by atoms with Crippen molar-refractivity contribution < 1.29 is 4.79 Å². The Morgan fingerprint density at radius 3 is 2.56 bits per heavy atom. The Hall–Kier alpha value is -2.14. The zero-order chi connectivity index (χ0) is 17.5. The molecule has 0 bridgehead atoms. The predicted octanol–water partition coefficient (Wildman–Crippen LogP) is 2.22. The maximum Gasteiger partial charge on any atom is 0.222 e. The molecule has 0 unspecified atom stereocenters. The molecular weight excluding hydrogens is 312 g/mol. The van der Waals surface area contributed by atoms with Crippen molar-refractivity contribution in [1.29, 1.82) is 0 Å². The molecule has 1 fully saturated rings. The molecule has 0 spiro atoms. The van der Waals surface area contributed by atoms with Gasteiger partial charge in [-0.05, 0) is 12.0 Å². The SMILES string of the molecule is CCc1nccn1CCN1CCN(C(=O)CCc2ccccc2)CC1. The molecule has 134 valence electrons. The number of hydrogen-bond acceptors (Lipinski definition) is 3. The van der Waals surface area contributed by atoms with Crippen molar-refractivity contribution in [3.05, 3.63) is 54.1 Å². The van der Waals surface area contributed by atoms with Crippen LogP contribution in [0.4, 0.5) is 0 Å². The van der Waals surface area contributed by atoms with Gasteiger partial charge in [-0.3, -0.25) is 9.69 Å². The summed E-state index contributed by atoms with van der Waals surface area (Å²) in [6, 6.07) is 10.3. The minimum absolute atomic E-state index is 0.284. The van der Waals surface area contributed by atoms with E-state index in [4.69, 9.17) is 0 Å². The van der Waals surface area contributed by atoms with Crippen LogP contribution < -0.4 is 0 Å². The van der Waals surface area contributed by atoms with E-state index in [1.807, 2.05) is 29.3 Å². The summed E-state index contributed by atoms with van der Waals surface area (Å²) in [5.41, 5.74) is 1.24. The highest BCUT2D eigenvalue weighted by molar-refractivity contribution is 5.76.